The quantitative estimate of drug-likeness (QED) is 0.598. The number of hydrogen-bond donors (Lipinski definition) is 3. The Bertz CT molecular complexity index is 286. The van der Waals surface area contributed by atoms with Gasteiger partial charge in [0.25, 0.3) is 0 Å². The molecular weight excluding hydrogens is 180 g/mol. The Morgan fingerprint density at radius 1 is 1.07 bits per heavy atom. The summed E-state index contributed by atoms with van der Waals surface area (Å²) in [6.45, 7) is 2.01. The molecule has 2 rings (SSSR count). The van der Waals surface area contributed by atoms with Crippen molar-refractivity contribution in [2.24, 2.45) is 0 Å². The molecule has 14 heavy (non-hydrogen) atoms. The Kier molecular flexibility index (Phi) is 3.08. The average molecular weight is 196 g/mol. The lowest BCUT2D eigenvalue weighted by Crippen LogP contribution is -2.21. The van der Waals surface area contributed by atoms with E-state index in [2.05, 4.69) is 14.9 Å². The molecule has 1 aliphatic rings. The van der Waals surface area contributed by atoms with Crippen molar-refractivity contribution in [2.45, 2.75) is 12.8 Å². The van der Waals surface area contributed by atoms with E-state index in [-0.39, 0.29) is 6.15 Å². The zero-order valence-corrected chi connectivity index (χ0v) is 8.11. The maximum absolute atomic E-state index is 5.57. The third kappa shape index (κ3) is 2.02. The van der Waals surface area contributed by atoms with Crippen molar-refractivity contribution in [1.82, 2.24) is 16.1 Å². The molecule has 0 saturated carbocycles. The number of nitrogens with zero attached hydrogens (tertiary/aromatic N) is 3. The summed E-state index contributed by atoms with van der Waals surface area (Å²) in [6, 6.07) is 1.57. The summed E-state index contributed by atoms with van der Waals surface area (Å²) in [5.41, 5.74) is 11.1. The second-order valence-corrected chi connectivity index (χ2v) is 3.21. The summed E-state index contributed by atoms with van der Waals surface area (Å²) >= 11 is 0. The number of nitrogen functional groups attached to an aromatic ring is 2. The van der Waals surface area contributed by atoms with Gasteiger partial charge in [0.05, 0.1) is 0 Å². The summed E-state index contributed by atoms with van der Waals surface area (Å²) in [5.74, 6) is 1.54. The molecule has 1 aromatic heterocycles. The first-order valence-corrected chi connectivity index (χ1v) is 4.41. The van der Waals surface area contributed by atoms with Crippen LogP contribution in [0, 0.1) is 0 Å². The van der Waals surface area contributed by atoms with Crippen LogP contribution in [0.5, 0.6) is 0 Å². The summed E-state index contributed by atoms with van der Waals surface area (Å²) in [6.07, 6.45) is 2.39. The van der Waals surface area contributed by atoms with E-state index in [0.29, 0.717) is 17.6 Å². The first kappa shape index (κ1) is 10.5. The van der Waals surface area contributed by atoms with E-state index >= 15 is 0 Å². The molecule has 0 amide bonds. The fourth-order valence-corrected chi connectivity index (χ4v) is 1.53. The molecule has 1 saturated heterocycles. The molecule has 0 spiro atoms. The highest BCUT2D eigenvalue weighted by Crippen LogP contribution is 2.17. The van der Waals surface area contributed by atoms with Gasteiger partial charge in [-0.05, 0) is 12.8 Å². The van der Waals surface area contributed by atoms with E-state index < -0.39 is 0 Å². The zero-order chi connectivity index (χ0) is 9.26. The van der Waals surface area contributed by atoms with Gasteiger partial charge in [-0.2, -0.15) is 9.97 Å². The second kappa shape index (κ2) is 4.10. The average Bonchev–Trinajstić information content (AvgIpc) is 2.53. The fraction of sp³-hybridized carbons (Fsp3) is 0.500. The Hall–Kier alpha value is -1.56. The second-order valence-electron chi connectivity index (χ2n) is 3.21. The molecule has 0 aliphatic carbocycles. The molecular formula is C8H16N6. The number of aromatic nitrogens is 2. The van der Waals surface area contributed by atoms with Crippen LogP contribution in [0.2, 0.25) is 0 Å². The molecule has 0 bridgehead atoms. The fourth-order valence-electron chi connectivity index (χ4n) is 1.53. The molecule has 0 unspecified atom stereocenters. The van der Waals surface area contributed by atoms with Gasteiger partial charge in [0.2, 0.25) is 5.95 Å². The van der Waals surface area contributed by atoms with E-state index in [1.807, 2.05) is 0 Å². The molecule has 0 radical (unpaired) electrons. The molecule has 0 aromatic carbocycles. The maximum atomic E-state index is 5.57. The number of rotatable bonds is 1. The van der Waals surface area contributed by atoms with Gasteiger partial charge in [-0.3, -0.25) is 0 Å². The van der Waals surface area contributed by atoms with Crippen LogP contribution in [0.25, 0.3) is 0 Å². The standard InChI is InChI=1S/C8H13N5.H3N/c9-6-5-7(10)12-8(11-6)13-3-1-2-4-13;/h5H,1-4H2,(H4,9,10,11,12);1H3. The Labute approximate surface area is 82.9 Å². The van der Waals surface area contributed by atoms with Crippen molar-refractivity contribution in [3.8, 4) is 0 Å². The molecule has 6 nitrogen and oxygen atoms in total. The van der Waals surface area contributed by atoms with Gasteiger partial charge < -0.3 is 22.5 Å². The zero-order valence-electron chi connectivity index (χ0n) is 8.11. The predicted molar refractivity (Wildman–Crippen MR) is 57.3 cm³/mol. The topological polar surface area (TPSA) is 116 Å². The third-order valence-electron chi connectivity index (χ3n) is 2.14. The normalized spacial score (nSPS) is 15.3. The highest BCUT2D eigenvalue weighted by atomic mass is 15.3. The van der Waals surface area contributed by atoms with E-state index in [1.54, 1.807) is 6.07 Å². The lowest BCUT2D eigenvalue weighted by Gasteiger charge is -2.15. The lowest BCUT2D eigenvalue weighted by molar-refractivity contribution is 0.903. The number of nitrogens with two attached hydrogens (primary N) is 2. The molecule has 6 heteroatoms. The van der Waals surface area contributed by atoms with Crippen LogP contribution >= 0.6 is 0 Å². The van der Waals surface area contributed by atoms with Crippen LogP contribution in [0.1, 0.15) is 12.8 Å². The SMILES string of the molecule is N.Nc1cc(N)nc(N2CCCC2)n1. The predicted octanol–water partition coefficient (Wildman–Crippen LogP) is 0.403. The van der Waals surface area contributed by atoms with Crippen LogP contribution in [0.3, 0.4) is 0 Å². The van der Waals surface area contributed by atoms with Gasteiger partial charge >= 0.3 is 0 Å². The molecule has 1 fully saturated rings. The van der Waals surface area contributed by atoms with Crippen LogP contribution < -0.4 is 22.5 Å². The third-order valence-corrected chi connectivity index (χ3v) is 2.14. The molecule has 1 aliphatic heterocycles. The van der Waals surface area contributed by atoms with Crippen LogP contribution in [-0.4, -0.2) is 23.1 Å². The Morgan fingerprint density at radius 3 is 2.07 bits per heavy atom. The summed E-state index contributed by atoms with van der Waals surface area (Å²) in [7, 11) is 0. The first-order valence-electron chi connectivity index (χ1n) is 4.41. The maximum Gasteiger partial charge on any atom is 0.229 e. The smallest absolute Gasteiger partial charge is 0.229 e. The van der Waals surface area contributed by atoms with Gasteiger partial charge in [0, 0.05) is 19.2 Å². The van der Waals surface area contributed by atoms with Crippen LogP contribution in [-0.2, 0) is 0 Å². The van der Waals surface area contributed by atoms with E-state index in [9.17, 15) is 0 Å². The van der Waals surface area contributed by atoms with Crippen LogP contribution in [0.15, 0.2) is 6.07 Å². The Balaban J connectivity index is 0.000000980. The van der Waals surface area contributed by atoms with Gasteiger partial charge in [-0.1, -0.05) is 0 Å². The highest BCUT2D eigenvalue weighted by molar-refractivity contribution is 5.48. The van der Waals surface area contributed by atoms with Crippen molar-refractivity contribution in [3.63, 3.8) is 0 Å². The molecule has 0 atom stereocenters. The van der Waals surface area contributed by atoms with Crippen molar-refractivity contribution in [3.05, 3.63) is 6.07 Å². The van der Waals surface area contributed by atoms with Gasteiger partial charge in [-0.25, -0.2) is 0 Å². The van der Waals surface area contributed by atoms with E-state index in [4.69, 9.17) is 11.5 Å². The minimum Gasteiger partial charge on any atom is -0.383 e. The van der Waals surface area contributed by atoms with Gasteiger partial charge in [0.1, 0.15) is 11.6 Å². The van der Waals surface area contributed by atoms with E-state index in [0.717, 1.165) is 13.1 Å². The highest BCUT2D eigenvalue weighted by Gasteiger charge is 2.15. The van der Waals surface area contributed by atoms with Crippen molar-refractivity contribution >= 4 is 17.6 Å². The van der Waals surface area contributed by atoms with Crippen molar-refractivity contribution < 1.29 is 0 Å². The molecule has 2 heterocycles. The van der Waals surface area contributed by atoms with Crippen molar-refractivity contribution in [1.29, 1.82) is 0 Å². The van der Waals surface area contributed by atoms with Gasteiger partial charge in [0.15, 0.2) is 0 Å². The Morgan fingerprint density at radius 2 is 1.57 bits per heavy atom. The van der Waals surface area contributed by atoms with E-state index in [1.165, 1.54) is 12.8 Å². The summed E-state index contributed by atoms with van der Waals surface area (Å²) in [4.78, 5) is 10.4. The largest absolute Gasteiger partial charge is 0.383 e. The summed E-state index contributed by atoms with van der Waals surface area (Å²) in [5, 5.41) is 0. The minimum atomic E-state index is 0. The number of anilines is 3. The van der Waals surface area contributed by atoms with Crippen LogP contribution in [0.4, 0.5) is 17.6 Å². The first-order chi connectivity index (χ1) is 6.25. The summed E-state index contributed by atoms with van der Waals surface area (Å²) < 4.78 is 0. The lowest BCUT2D eigenvalue weighted by atomic mass is 10.4. The minimum absolute atomic E-state index is 0. The van der Waals surface area contributed by atoms with Crippen molar-refractivity contribution in [2.75, 3.05) is 29.5 Å². The monoisotopic (exact) mass is 196 g/mol. The molecule has 7 N–H and O–H groups in total. The molecule has 1 aromatic rings. The molecule has 78 valence electrons. The van der Waals surface area contributed by atoms with Gasteiger partial charge in [-0.15, -0.1) is 0 Å². The number of hydrogen-bond acceptors (Lipinski definition) is 6.